The number of hydrogen-bond acceptors (Lipinski definition) is 5. The van der Waals surface area contributed by atoms with Crippen LogP contribution in [-0.2, 0) is 12.8 Å². The van der Waals surface area contributed by atoms with Crippen molar-refractivity contribution in [3.8, 4) is 29.0 Å². The monoisotopic (exact) mass is 410 g/mol. The Morgan fingerprint density at radius 3 is 2.30 bits per heavy atom. The standard InChI is InChI=1S/C21H13F3N4O2/c22-21(23,24)14-3-1-2-12(8-14)11-30-15-6-4-13(5-7-15)18-16(9-25)19(27)28-20(29)17(18)10-26/h1-8H,11H2,(H3,27,28,29). The molecule has 3 aromatic rings. The molecule has 0 atom stereocenters. The number of aromatic nitrogens is 1. The first-order valence-corrected chi connectivity index (χ1v) is 8.50. The highest BCUT2D eigenvalue weighted by atomic mass is 19.4. The number of benzene rings is 2. The van der Waals surface area contributed by atoms with E-state index in [0.29, 0.717) is 16.9 Å². The van der Waals surface area contributed by atoms with Gasteiger partial charge in [0.1, 0.15) is 41.4 Å². The van der Waals surface area contributed by atoms with Gasteiger partial charge in [-0.15, -0.1) is 0 Å². The summed E-state index contributed by atoms with van der Waals surface area (Å²) < 4.78 is 43.9. The van der Waals surface area contributed by atoms with Crippen molar-refractivity contribution in [3.05, 3.63) is 81.1 Å². The molecule has 3 N–H and O–H groups in total. The lowest BCUT2D eigenvalue weighted by Crippen LogP contribution is -2.16. The maximum Gasteiger partial charge on any atom is 0.416 e. The van der Waals surface area contributed by atoms with Crippen LogP contribution in [0, 0.1) is 22.7 Å². The predicted octanol–water partition coefficient (Wildman–Crippen LogP) is 3.97. The van der Waals surface area contributed by atoms with Gasteiger partial charge in [0.15, 0.2) is 0 Å². The Balaban J connectivity index is 1.86. The molecule has 30 heavy (non-hydrogen) atoms. The Kier molecular flexibility index (Phi) is 5.48. The van der Waals surface area contributed by atoms with Crippen LogP contribution in [0.5, 0.6) is 5.75 Å². The maximum atomic E-state index is 12.8. The fourth-order valence-electron chi connectivity index (χ4n) is 2.85. The number of ether oxygens (including phenoxy) is 1. The van der Waals surface area contributed by atoms with E-state index in [9.17, 15) is 28.5 Å². The van der Waals surface area contributed by atoms with Crippen LogP contribution in [-0.4, -0.2) is 4.98 Å². The molecule has 0 aliphatic rings. The SMILES string of the molecule is N#Cc1c(N)[nH]c(=O)c(C#N)c1-c1ccc(OCc2cccc(C(F)(F)F)c2)cc1. The number of nitrogens with one attached hydrogen (secondary N) is 1. The average molecular weight is 410 g/mol. The number of nitrogens with two attached hydrogens (primary N) is 1. The fraction of sp³-hybridized carbons (Fsp3) is 0.0952. The molecule has 0 saturated carbocycles. The highest BCUT2D eigenvalue weighted by Gasteiger charge is 2.30. The third-order valence-electron chi connectivity index (χ3n) is 4.27. The molecule has 0 fully saturated rings. The minimum Gasteiger partial charge on any atom is -0.489 e. The molecule has 3 rings (SSSR count). The molecule has 0 unspecified atom stereocenters. The summed E-state index contributed by atoms with van der Waals surface area (Å²) in [6, 6.07) is 14.5. The smallest absolute Gasteiger partial charge is 0.416 e. The zero-order valence-electron chi connectivity index (χ0n) is 15.2. The van der Waals surface area contributed by atoms with E-state index in [2.05, 4.69) is 4.98 Å². The number of nitrogen functional groups attached to an aromatic ring is 1. The first-order valence-electron chi connectivity index (χ1n) is 8.50. The summed E-state index contributed by atoms with van der Waals surface area (Å²) in [6.07, 6.45) is -4.44. The van der Waals surface area contributed by atoms with Gasteiger partial charge < -0.3 is 15.5 Å². The minimum absolute atomic E-state index is 0.0382. The lowest BCUT2D eigenvalue weighted by Gasteiger charge is -2.11. The van der Waals surface area contributed by atoms with Crippen molar-refractivity contribution in [2.45, 2.75) is 12.8 Å². The van der Waals surface area contributed by atoms with Gasteiger partial charge in [-0.3, -0.25) is 4.79 Å². The number of hydrogen-bond donors (Lipinski definition) is 2. The van der Waals surface area contributed by atoms with E-state index in [1.165, 1.54) is 36.4 Å². The van der Waals surface area contributed by atoms with Crippen LogP contribution in [0.1, 0.15) is 22.3 Å². The number of aromatic amines is 1. The third kappa shape index (κ3) is 4.10. The number of H-pyrrole nitrogens is 1. The molecule has 0 spiro atoms. The molecule has 2 aromatic carbocycles. The quantitative estimate of drug-likeness (QED) is 0.675. The number of alkyl halides is 3. The van der Waals surface area contributed by atoms with Gasteiger partial charge in [-0.1, -0.05) is 24.3 Å². The molecule has 0 aliphatic carbocycles. The molecule has 0 saturated heterocycles. The van der Waals surface area contributed by atoms with Crippen LogP contribution in [0.15, 0.2) is 53.3 Å². The summed E-state index contributed by atoms with van der Waals surface area (Å²) in [4.78, 5) is 14.2. The lowest BCUT2D eigenvalue weighted by molar-refractivity contribution is -0.137. The van der Waals surface area contributed by atoms with Crippen LogP contribution < -0.4 is 16.0 Å². The van der Waals surface area contributed by atoms with Crippen molar-refractivity contribution in [1.29, 1.82) is 10.5 Å². The highest BCUT2D eigenvalue weighted by molar-refractivity contribution is 5.80. The average Bonchev–Trinajstić information content (AvgIpc) is 2.72. The number of halogens is 3. The Labute approximate surface area is 168 Å². The number of anilines is 1. The minimum atomic E-state index is -4.44. The Bertz CT molecular complexity index is 1230. The number of rotatable bonds is 4. The molecule has 9 heteroatoms. The summed E-state index contributed by atoms with van der Waals surface area (Å²) in [5.74, 6) is 0.201. The molecular formula is C21H13F3N4O2. The molecule has 150 valence electrons. The van der Waals surface area contributed by atoms with Gasteiger partial charge in [-0.25, -0.2) is 0 Å². The number of nitriles is 2. The molecule has 0 radical (unpaired) electrons. The second kappa shape index (κ2) is 8.02. The van der Waals surface area contributed by atoms with Gasteiger partial charge in [0.05, 0.1) is 5.56 Å². The van der Waals surface area contributed by atoms with Gasteiger partial charge in [0.25, 0.3) is 5.56 Å². The van der Waals surface area contributed by atoms with Crippen LogP contribution in [0.2, 0.25) is 0 Å². The Morgan fingerprint density at radius 2 is 1.70 bits per heavy atom. The van der Waals surface area contributed by atoms with Crippen molar-refractivity contribution in [3.63, 3.8) is 0 Å². The van der Waals surface area contributed by atoms with E-state index in [1.54, 1.807) is 6.07 Å². The van der Waals surface area contributed by atoms with E-state index in [4.69, 9.17) is 10.5 Å². The first kappa shape index (κ1) is 20.5. The maximum absolute atomic E-state index is 12.8. The largest absolute Gasteiger partial charge is 0.489 e. The lowest BCUT2D eigenvalue weighted by atomic mass is 9.96. The third-order valence-corrected chi connectivity index (χ3v) is 4.27. The van der Waals surface area contributed by atoms with Gasteiger partial charge in [0.2, 0.25) is 0 Å². The zero-order chi connectivity index (χ0) is 21.9. The van der Waals surface area contributed by atoms with Crippen molar-refractivity contribution < 1.29 is 17.9 Å². The molecule has 0 amide bonds. The number of nitrogens with zero attached hydrogens (tertiary/aromatic N) is 2. The molecule has 6 nitrogen and oxygen atoms in total. The van der Waals surface area contributed by atoms with Crippen LogP contribution in [0.3, 0.4) is 0 Å². The van der Waals surface area contributed by atoms with E-state index < -0.39 is 17.3 Å². The summed E-state index contributed by atoms with van der Waals surface area (Å²) >= 11 is 0. The van der Waals surface area contributed by atoms with Crippen LogP contribution >= 0.6 is 0 Å². The van der Waals surface area contributed by atoms with Crippen molar-refractivity contribution in [2.75, 3.05) is 5.73 Å². The topological polar surface area (TPSA) is 116 Å². The molecular weight excluding hydrogens is 397 g/mol. The van der Waals surface area contributed by atoms with Gasteiger partial charge in [-0.05, 0) is 35.4 Å². The van der Waals surface area contributed by atoms with Gasteiger partial charge >= 0.3 is 6.18 Å². The van der Waals surface area contributed by atoms with Crippen LogP contribution in [0.4, 0.5) is 19.0 Å². The predicted molar refractivity (Wildman–Crippen MR) is 102 cm³/mol. The van der Waals surface area contributed by atoms with E-state index >= 15 is 0 Å². The zero-order valence-corrected chi connectivity index (χ0v) is 15.2. The summed E-state index contributed by atoms with van der Waals surface area (Å²) in [5.41, 5.74) is 4.76. The van der Waals surface area contributed by atoms with Gasteiger partial charge in [-0.2, -0.15) is 23.7 Å². The molecule has 0 bridgehead atoms. The molecule has 1 heterocycles. The number of pyridine rings is 1. The summed E-state index contributed by atoms with van der Waals surface area (Å²) in [6.45, 7) is -0.0892. The van der Waals surface area contributed by atoms with E-state index in [0.717, 1.165) is 12.1 Å². The second-order valence-corrected chi connectivity index (χ2v) is 6.23. The second-order valence-electron chi connectivity index (χ2n) is 6.23. The summed E-state index contributed by atoms with van der Waals surface area (Å²) in [5, 5.41) is 18.6. The first-order chi connectivity index (χ1) is 14.2. The van der Waals surface area contributed by atoms with Crippen molar-refractivity contribution in [2.24, 2.45) is 0 Å². The Hall–Kier alpha value is -4.24. The van der Waals surface area contributed by atoms with E-state index in [1.807, 2.05) is 6.07 Å². The normalized spacial score (nSPS) is 10.8. The van der Waals surface area contributed by atoms with Gasteiger partial charge in [0, 0.05) is 5.56 Å². The summed E-state index contributed by atoms with van der Waals surface area (Å²) in [7, 11) is 0. The Morgan fingerprint density at radius 1 is 1.03 bits per heavy atom. The van der Waals surface area contributed by atoms with Crippen molar-refractivity contribution in [1.82, 2.24) is 4.98 Å². The van der Waals surface area contributed by atoms with Crippen molar-refractivity contribution >= 4 is 5.82 Å². The van der Waals surface area contributed by atoms with E-state index in [-0.39, 0.29) is 29.1 Å². The fourth-order valence-corrected chi connectivity index (χ4v) is 2.85. The molecule has 0 aliphatic heterocycles. The molecule has 1 aromatic heterocycles. The highest BCUT2D eigenvalue weighted by Crippen LogP contribution is 2.31. The van der Waals surface area contributed by atoms with Crippen LogP contribution in [0.25, 0.3) is 11.1 Å².